The summed E-state index contributed by atoms with van der Waals surface area (Å²) in [5.74, 6) is 0.168. The van der Waals surface area contributed by atoms with E-state index in [-0.39, 0.29) is 5.96 Å². The van der Waals surface area contributed by atoms with Crippen LogP contribution in [0.3, 0.4) is 0 Å². The van der Waals surface area contributed by atoms with Crippen molar-refractivity contribution in [2.45, 2.75) is 72.7 Å². The van der Waals surface area contributed by atoms with Crippen LogP contribution in [0.1, 0.15) is 56.2 Å². The van der Waals surface area contributed by atoms with E-state index in [0.717, 1.165) is 0 Å². The standard InChI is InChI=1S/C9H11.C8H10N3.2C4H9.Sn/c1-3-9-6-4-8(2)5-7-9;9-8(10)11-6-7-4-2-1-3-5-7;2*1-3-4-2;/h4-7H,1,3H2,2H3;1-2,4-5H,6H2,(H4,9,10,11);2*1,3-4H2,2H3;. The van der Waals surface area contributed by atoms with Gasteiger partial charge >= 0.3 is 182 Å². The van der Waals surface area contributed by atoms with Crippen molar-refractivity contribution in [3.8, 4) is 0 Å². The summed E-state index contributed by atoms with van der Waals surface area (Å²) < 4.78 is 5.95. The summed E-state index contributed by atoms with van der Waals surface area (Å²) >= 11 is -2.54. The molecule has 2 aromatic carbocycles. The maximum atomic E-state index is 5.56. The monoisotopic (exact) mass is 501 g/mol. The third-order valence-corrected chi connectivity index (χ3v) is 21.3. The number of unbranched alkanes of at least 4 members (excludes halogenated alkanes) is 2. The van der Waals surface area contributed by atoms with Gasteiger partial charge in [0.15, 0.2) is 0 Å². The zero-order valence-electron chi connectivity index (χ0n) is 18.6. The summed E-state index contributed by atoms with van der Waals surface area (Å²) in [5, 5.41) is 0. The van der Waals surface area contributed by atoms with Crippen LogP contribution < -0.4 is 15.0 Å². The van der Waals surface area contributed by atoms with Gasteiger partial charge in [0.1, 0.15) is 0 Å². The van der Waals surface area contributed by atoms with E-state index in [4.69, 9.17) is 11.5 Å². The third-order valence-electron chi connectivity index (χ3n) is 6.01. The van der Waals surface area contributed by atoms with Crippen LogP contribution in [0.25, 0.3) is 0 Å². The molecule has 0 atom stereocenters. The Labute approximate surface area is 181 Å². The number of nitrogens with zero attached hydrogens (tertiary/aromatic N) is 1. The number of aliphatic imine (C=N–C) groups is 1. The van der Waals surface area contributed by atoms with Crippen LogP contribution in [0.4, 0.5) is 0 Å². The minimum absolute atomic E-state index is 0.168. The van der Waals surface area contributed by atoms with Crippen molar-refractivity contribution in [2.75, 3.05) is 0 Å². The predicted molar refractivity (Wildman–Crippen MR) is 130 cm³/mol. The van der Waals surface area contributed by atoms with Gasteiger partial charge in [0.25, 0.3) is 0 Å². The molecular formula is C25H39N3Sn. The van der Waals surface area contributed by atoms with E-state index in [1.807, 2.05) is 0 Å². The van der Waals surface area contributed by atoms with E-state index >= 15 is 0 Å². The molecule has 0 aromatic heterocycles. The number of benzene rings is 2. The Kier molecular flexibility index (Phi) is 10.1. The first-order valence-corrected chi connectivity index (χ1v) is 18.7. The fraction of sp³-hybridized carbons (Fsp3) is 0.480. The number of hydrogen-bond donors (Lipinski definition) is 2. The Morgan fingerprint density at radius 3 is 2.10 bits per heavy atom. The quantitative estimate of drug-likeness (QED) is 0.237. The molecule has 0 heterocycles. The molecular weight excluding hydrogens is 461 g/mol. The van der Waals surface area contributed by atoms with Crippen LogP contribution in [0.5, 0.6) is 0 Å². The molecule has 0 aliphatic rings. The van der Waals surface area contributed by atoms with Gasteiger partial charge in [-0.2, -0.15) is 0 Å². The van der Waals surface area contributed by atoms with E-state index in [9.17, 15) is 0 Å². The summed E-state index contributed by atoms with van der Waals surface area (Å²) in [7, 11) is 0. The second-order valence-corrected chi connectivity index (χ2v) is 21.7. The number of aryl methyl sites for hydroxylation is 2. The van der Waals surface area contributed by atoms with Crippen molar-refractivity contribution in [3.05, 3.63) is 65.2 Å². The molecule has 4 heteroatoms. The number of guanidine groups is 1. The molecule has 0 aliphatic heterocycles. The molecule has 0 bridgehead atoms. The molecule has 0 spiro atoms. The summed E-state index contributed by atoms with van der Waals surface area (Å²) in [6, 6.07) is 18.4. The maximum absolute atomic E-state index is 5.56. The molecule has 0 aliphatic carbocycles. The van der Waals surface area contributed by atoms with Crippen molar-refractivity contribution in [3.63, 3.8) is 0 Å². The van der Waals surface area contributed by atoms with Crippen molar-refractivity contribution < 1.29 is 0 Å². The molecule has 2 rings (SSSR count). The van der Waals surface area contributed by atoms with Gasteiger partial charge < -0.3 is 0 Å². The summed E-state index contributed by atoms with van der Waals surface area (Å²) in [6.07, 6.45) is 6.48. The van der Waals surface area contributed by atoms with Crippen LogP contribution in [0, 0.1) is 6.92 Å². The molecule has 3 nitrogen and oxygen atoms in total. The molecule has 158 valence electrons. The molecule has 0 unspecified atom stereocenters. The van der Waals surface area contributed by atoms with Gasteiger partial charge in [0, 0.05) is 0 Å². The van der Waals surface area contributed by atoms with Gasteiger partial charge in [-0.25, -0.2) is 0 Å². The SMILES string of the molecule is CCC[CH2][Sn]([CH2]CCC)([CH2]Cc1ccc(C)cc1)[c]1cccc(CN=C(N)N)c1. The molecule has 0 saturated heterocycles. The number of hydrogen-bond acceptors (Lipinski definition) is 1. The zero-order chi connectivity index (χ0) is 21.1. The van der Waals surface area contributed by atoms with Gasteiger partial charge in [-0.05, 0) is 0 Å². The fourth-order valence-electron chi connectivity index (χ4n) is 4.16. The van der Waals surface area contributed by atoms with E-state index in [0.29, 0.717) is 6.54 Å². The zero-order valence-corrected chi connectivity index (χ0v) is 21.4. The Hall–Kier alpha value is -1.49. The van der Waals surface area contributed by atoms with Gasteiger partial charge in [-0.15, -0.1) is 0 Å². The fourth-order valence-corrected chi connectivity index (χ4v) is 19.5. The van der Waals surface area contributed by atoms with E-state index in [1.165, 1.54) is 62.1 Å². The first-order chi connectivity index (χ1) is 14.0. The summed E-state index contributed by atoms with van der Waals surface area (Å²) in [6.45, 7) is 7.40. The van der Waals surface area contributed by atoms with Crippen LogP contribution in [0.15, 0.2) is 53.5 Å². The van der Waals surface area contributed by atoms with Crippen LogP contribution in [0.2, 0.25) is 13.3 Å². The molecule has 0 radical (unpaired) electrons. The van der Waals surface area contributed by atoms with Crippen molar-refractivity contribution in [2.24, 2.45) is 16.5 Å². The molecule has 0 amide bonds. The summed E-state index contributed by atoms with van der Waals surface area (Å²) in [4.78, 5) is 4.24. The molecule has 0 fully saturated rings. The van der Waals surface area contributed by atoms with Gasteiger partial charge in [-0.1, -0.05) is 0 Å². The Morgan fingerprint density at radius 2 is 1.52 bits per heavy atom. The predicted octanol–water partition coefficient (Wildman–Crippen LogP) is 5.27. The van der Waals surface area contributed by atoms with Crippen LogP contribution >= 0.6 is 0 Å². The summed E-state index contributed by atoms with van der Waals surface area (Å²) in [5.41, 5.74) is 15.2. The average molecular weight is 500 g/mol. The van der Waals surface area contributed by atoms with E-state index in [1.54, 1.807) is 3.58 Å². The Bertz CT molecular complexity index is 756. The average Bonchev–Trinajstić information content (AvgIpc) is 2.73. The third kappa shape index (κ3) is 7.69. The van der Waals surface area contributed by atoms with Crippen molar-refractivity contribution in [1.82, 2.24) is 0 Å². The molecule has 2 aromatic rings. The second kappa shape index (κ2) is 12.3. The molecule has 0 saturated carbocycles. The first-order valence-electron chi connectivity index (χ1n) is 11.2. The minimum atomic E-state index is -2.54. The van der Waals surface area contributed by atoms with E-state index < -0.39 is 18.4 Å². The topological polar surface area (TPSA) is 64.4 Å². The van der Waals surface area contributed by atoms with Gasteiger partial charge in [0.2, 0.25) is 0 Å². The normalized spacial score (nSPS) is 11.4. The first kappa shape index (κ1) is 23.8. The Morgan fingerprint density at radius 1 is 0.862 bits per heavy atom. The van der Waals surface area contributed by atoms with Crippen LogP contribution in [-0.4, -0.2) is 24.3 Å². The van der Waals surface area contributed by atoms with Gasteiger partial charge in [0.05, 0.1) is 0 Å². The van der Waals surface area contributed by atoms with Crippen LogP contribution in [-0.2, 0) is 13.0 Å². The Balaban J connectivity index is 2.34. The van der Waals surface area contributed by atoms with Gasteiger partial charge in [-0.3, -0.25) is 0 Å². The number of rotatable bonds is 12. The van der Waals surface area contributed by atoms with Crippen molar-refractivity contribution >= 4 is 27.9 Å². The van der Waals surface area contributed by atoms with Crippen molar-refractivity contribution in [1.29, 1.82) is 0 Å². The van der Waals surface area contributed by atoms with E-state index in [2.05, 4.69) is 74.3 Å². The number of nitrogens with two attached hydrogens (primary N) is 2. The second-order valence-electron chi connectivity index (χ2n) is 8.41. The molecule has 4 N–H and O–H groups in total. The molecule has 29 heavy (non-hydrogen) atoms.